The van der Waals surface area contributed by atoms with Gasteiger partial charge in [-0.2, -0.15) is 13.4 Å². The molecule has 0 saturated carbocycles. The topological polar surface area (TPSA) is 89.6 Å². The van der Waals surface area contributed by atoms with Gasteiger partial charge in [-0.25, -0.2) is 0 Å². The van der Waals surface area contributed by atoms with Gasteiger partial charge in [-0.05, 0) is 0 Å². The third-order valence-corrected chi connectivity index (χ3v) is 0.939. The van der Waals surface area contributed by atoms with E-state index in [1.165, 1.54) is 6.20 Å². The van der Waals surface area contributed by atoms with E-state index in [-0.39, 0.29) is 0 Å². The Labute approximate surface area is 56.4 Å². The van der Waals surface area contributed by atoms with Gasteiger partial charge in [-0.3, -0.25) is 4.55 Å². The quantitative estimate of drug-likeness (QED) is 0.613. The molecule has 0 atom stereocenters. The van der Waals surface area contributed by atoms with E-state index in [1.807, 2.05) is 0 Å². The summed E-state index contributed by atoms with van der Waals surface area (Å²) in [6.45, 7) is 0. The standard InChI is InChI=1S/C3H3NO5S/c5-10(6,7)9-3-4-1-2-8-3/h1-2H,(H,5,6,7). The molecule has 1 aromatic rings. The minimum absolute atomic E-state index is 0.512. The molecule has 0 aliphatic rings. The van der Waals surface area contributed by atoms with Crippen molar-refractivity contribution in [1.82, 2.24) is 4.98 Å². The van der Waals surface area contributed by atoms with Gasteiger partial charge in [0.15, 0.2) is 0 Å². The lowest BCUT2D eigenvalue weighted by Crippen LogP contribution is -2.06. The second-order valence-electron chi connectivity index (χ2n) is 1.31. The van der Waals surface area contributed by atoms with E-state index in [9.17, 15) is 8.42 Å². The molecule has 0 unspecified atom stereocenters. The number of oxazole rings is 1. The van der Waals surface area contributed by atoms with Crippen molar-refractivity contribution in [2.75, 3.05) is 0 Å². The molecule has 1 aromatic heterocycles. The summed E-state index contributed by atoms with van der Waals surface area (Å²) in [5.41, 5.74) is 0. The van der Waals surface area contributed by atoms with E-state index >= 15 is 0 Å². The average Bonchev–Trinajstić information content (AvgIpc) is 2.12. The third kappa shape index (κ3) is 2.03. The van der Waals surface area contributed by atoms with Gasteiger partial charge in [0.25, 0.3) is 0 Å². The molecule has 10 heavy (non-hydrogen) atoms. The zero-order chi connectivity index (χ0) is 7.61. The SMILES string of the molecule is O=S(=O)(O)Oc1ncco1. The highest BCUT2D eigenvalue weighted by atomic mass is 32.3. The molecule has 0 bridgehead atoms. The summed E-state index contributed by atoms with van der Waals surface area (Å²) < 4.78 is 36.0. The van der Waals surface area contributed by atoms with Crippen LogP contribution in [0.1, 0.15) is 0 Å². The van der Waals surface area contributed by atoms with Gasteiger partial charge in [-0.15, -0.1) is 0 Å². The van der Waals surface area contributed by atoms with Gasteiger partial charge in [0.05, 0.1) is 6.20 Å². The molecule has 0 aliphatic carbocycles. The minimum atomic E-state index is -4.50. The summed E-state index contributed by atoms with van der Waals surface area (Å²) in [6.07, 6.45) is 1.78. The highest BCUT2D eigenvalue weighted by molar-refractivity contribution is 7.81. The molecule has 1 heterocycles. The van der Waals surface area contributed by atoms with Crippen molar-refractivity contribution in [3.63, 3.8) is 0 Å². The van der Waals surface area contributed by atoms with E-state index in [4.69, 9.17) is 4.55 Å². The lowest BCUT2D eigenvalue weighted by molar-refractivity contribution is 0.323. The van der Waals surface area contributed by atoms with Crippen LogP contribution in [0.4, 0.5) is 0 Å². The van der Waals surface area contributed by atoms with Crippen LogP contribution < -0.4 is 4.18 Å². The normalized spacial score (nSPS) is 11.3. The third-order valence-electron chi connectivity index (χ3n) is 0.586. The van der Waals surface area contributed by atoms with E-state index in [2.05, 4.69) is 13.6 Å². The summed E-state index contributed by atoms with van der Waals surface area (Å²) in [5, 5.41) is 0. The first-order chi connectivity index (χ1) is 4.58. The molecular weight excluding hydrogens is 162 g/mol. The monoisotopic (exact) mass is 165 g/mol. The summed E-state index contributed by atoms with van der Waals surface area (Å²) in [6, 6.07) is 0. The van der Waals surface area contributed by atoms with Crippen LogP contribution in [-0.4, -0.2) is 18.0 Å². The Bertz CT molecular complexity index is 287. The fourth-order valence-corrected chi connectivity index (χ4v) is 0.604. The Kier molecular flexibility index (Phi) is 1.60. The highest BCUT2D eigenvalue weighted by Gasteiger charge is 2.09. The van der Waals surface area contributed by atoms with Crippen LogP contribution in [0.5, 0.6) is 6.08 Å². The molecule has 7 heteroatoms. The molecule has 6 nitrogen and oxygen atoms in total. The Balaban J connectivity index is 2.75. The molecular formula is C3H3NO5S. The predicted octanol–water partition coefficient (Wildman–Crippen LogP) is -0.144. The molecule has 0 spiro atoms. The lowest BCUT2D eigenvalue weighted by Gasteiger charge is -1.90. The van der Waals surface area contributed by atoms with Crippen molar-refractivity contribution in [3.8, 4) is 6.08 Å². The minimum Gasteiger partial charge on any atom is -0.417 e. The summed E-state index contributed by atoms with van der Waals surface area (Å²) in [7, 11) is -4.50. The second-order valence-corrected chi connectivity index (χ2v) is 2.33. The van der Waals surface area contributed by atoms with Crippen LogP contribution in [0.3, 0.4) is 0 Å². The highest BCUT2D eigenvalue weighted by Crippen LogP contribution is 2.06. The second kappa shape index (κ2) is 2.27. The van der Waals surface area contributed by atoms with Gasteiger partial charge in [-0.1, -0.05) is 0 Å². The molecule has 56 valence electrons. The van der Waals surface area contributed by atoms with E-state index in [0.717, 1.165) is 6.26 Å². The molecule has 1 rings (SSSR count). The maximum Gasteiger partial charge on any atom is 0.450 e. The fraction of sp³-hybridized carbons (Fsp3) is 0. The van der Waals surface area contributed by atoms with Crippen LogP contribution in [0.25, 0.3) is 0 Å². The fourth-order valence-electron chi connectivity index (χ4n) is 0.342. The molecule has 0 saturated heterocycles. The van der Waals surface area contributed by atoms with Crippen molar-refractivity contribution in [1.29, 1.82) is 0 Å². The molecule has 0 fully saturated rings. The Hall–Kier alpha value is -1.08. The largest absolute Gasteiger partial charge is 0.450 e. The Morgan fingerprint density at radius 1 is 1.70 bits per heavy atom. The Morgan fingerprint density at radius 2 is 2.40 bits per heavy atom. The van der Waals surface area contributed by atoms with Gasteiger partial charge in [0.2, 0.25) is 0 Å². The van der Waals surface area contributed by atoms with Gasteiger partial charge in [0.1, 0.15) is 6.26 Å². The molecule has 0 aliphatic heterocycles. The first kappa shape index (κ1) is 7.03. The average molecular weight is 165 g/mol. The predicted molar refractivity (Wildman–Crippen MR) is 28.7 cm³/mol. The molecule has 0 aromatic carbocycles. The number of hydrogen-bond donors (Lipinski definition) is 1. The molecule has 0 amide bonds. The Morgan fingerprint density at radius 3 is 2.80 bits per heavy atom. The number of aromatic nitrogens is 1. The first-order valence-electron chi connectivity index (χ1n) is 2.14. The van der Waals surface area contributed by atoms with Crippen LogP contribution in [0, 0.1) is 0 Å². The zero-order valence-corrected chi connectivity index (χ0v) is 5.41. The van der Waals surface area contributed by atoms with E-state index in [0.29, 0.717) is 0 Å². The maximum absolute atomic E-state index is 9.93. The van der Waals surface area contributed by atoms with Gasteiger partial charge >= 0.3 is 16.5 Å². The van der Waals surface area contributed by atoms with Crippen molar-refractivity contribution in [2.45, 2.75) is 0 Å². The van der Waals surface area contributed by atoms with Crippen molar-refractivity contribution >= 4 is 10.4 Å². The maximum atomic E-state index is 9.93. The van der Waals surface area contributed by atoms with Crippen LogP contribution in [-0.2, 0) is 10.4 Å². The zero-order valence-electron chi connectivity index (χ0n) is 4.59. The van der Waals surface area contributed by atoms with Crippen molar-refractivity contribution in [3.05, 3.63) is 12.5 Å². The van der Waals surface area contributed by atoms with Gasteiger partial charge < -0.3 is 8.60 Å². The smallest absolute Gasteiger partial charge is 0.417 e. The number of nitrogens with zero attached hydrogens (tertiary/aromatic N) is 1. The molecule has 1 N–H and O–H groups in total. The number of rotatable bonds is 2. The lowest BCUT2D eigenvalue weighted by atomic mass is 11.0. The molecule has 0 radical (unpaired) electrons. The number of hydrogen-bond acceptors (Lipinski definition) is 5. The first-order valence-corrected chi connectivity index (χ1v) is 3.51. The van der Waals surface area contributed by atoms with E-state index in [1.54, 1.807) is 0 Å². The van der Waals surface area contributed by atoms with E-state index < -0.39 is 16.5 Å². The van der Waals surface area contributed by atoms with Crippen LogP contribution in [0.15, 0.2) is 16.9 Å². The van der Waals surface area contributed by atoms with Gasteiger partial charge in [0, 0.05) is 0 Å². The van der Waals surface area contributed by atoms with Crippen molar-refractivity contribution in [2.24, 2.45) is 0 Å². The van der Waals surface area contributed by atoms with Crippen LogP contribution in [0.2, 0.25) is 0 Å². The van der Waals surface area contributed by atoms with Crippen molar-refractivity contribution < 1.29 is 21.6 Å². The summed E-state index contributed by atoms with van der Waals surface area (Å²) in [5.74, 6) is 0. The summed E-state index contributed by atoms with van der Waals surface area (Å²) in [4.78, 5) is 3.27. The van der Waals surface area contributed by atoms with Crippen LogP contribution >= 0.6 is 0 Å². The summed E-state index contributed by atoms with van der Waals surface area (Å²) >= 11 is 0.